The van der Waals surface area contributed by atoms with Crippen LogP contribution in [0.15, 0.2) is 53.4 Å². The van der Waals surface area contributed by atoms with Gasteiger partial charge in [-0.15, -0.1) is 0 Å². The van der Waals surface area contributed by atoms with Crippen molar-refractivity contribution in [3.05, 3.63) is 64.2 Å². The van der Waals surface area contributed by atoms with E-state index >= 15 is 0 Å². The minimum atomic E-state index is -1.39. The van der Waals surface area contributed by atoms with Gasteiger partial charge in [-0.2, -0.15) is 0 Å². The number of amides is 1. The summed E-state index contributed by atoms with van der Waals surface area (Å²) in [6.45, 7) is -0.629. The fourth-order valence-electron chi connectivity index (χ4n) is 2.02. The van der Waals surface area contributed by atoms with E-state index in [0.717, 1.165) is 0 Å². The molecule has 130 valence electrons. The molecule has 0 aliphatic rings. The van der Waals surface area contributed by atoms with Gasteiger partial charge in [0.15, 0.2) is 6.61 Å². The van der Waals surface area contributed by atoms with Crippen molar-refractivity contribution in [1.82, 2.24) is 0 Å². The summed E-state index contributed by atoms with van der Waals surface area (Å²) >= 11 is 0. The highest BCUT2D eigenvalue weighted by Crippen LogP contribution is 2.23. The molecule has 0 aliphatic carbocycles. The lowest BCUT2D eigenvalue weighted by Crippen LogP contribution is -2.22. The molecular formula is C16H14N2O6S. The molecule has 0 fully saturated rings. The van der Waals surface area contributed by atoms with Gasteiger partial charge < -0.3 is 10.1 Å². The lowest BCUT2D eigenvalue weighted by Gasteiger charge is -2.08. The molecule has 8 nitrogen and oxygen atoms in total. The van der Waals surface area contributed by atoms with Gasteiger partial charge in [0.25, 0.3) is 11.6 Å². The Kier molecular flexibility index (Phi) is 5.96. The molecule has 2 aromatic carbocycles. The van der Waals surface area contributed by atoms with Crippen LogP contribution in [0, 0.1) is 10.1 Å². The van der Waals surface area contributed by atoms with Gasteiger partial charge in [-0.3, -0.25) is 19.1 Å². The zero-order chi connectivity index (χ0) is 18.4. The van der Waals surface area contributed by atoms with Crippen LogP contribution in [0.3, 0.4) is 0 Å². The number of rotatable bonds is 6. The molecule has 2 aromatic rings. The number of nitrogens with zero attached hydrogens (tertiary/aromatic N) is 1. The number of hydrogen-bond acceptors (Lipinski definition) is 6. The molecule has 2 rings (SSSR count). The number of carbonyl (C=O) groups is 2. The number of esters is 1. The molecule has 0 saturated carbocycles. The van der Waals surface area contributed by atoms with Crippen LogP contribution in [-0.2, 0) is 20.3 Å². The van der Waals surface area contributed by atoms with Crippen LogP contribution < -0.4 is 5.32 Å². The van der Waals surface area contributed by atoms with Crippen molar-refractivity contribution in [2.45, 2.75) is 4.90 Å². The summed E-state index contributed by atoms with van der Waals surface area (Å²) in [5, 5.41) is 13.2. The second kappa shape index (κ2) is 8.15. The van der Waals surface area contributed by atoms with Gasteiger partial charge in [0.1, 0.15) is 5.69 Å². The smallest absolute Gasteiger partial charge is 0.339 e. The van der Waals surface area contributed by atoms with E-state index in [1.165, 1.54) is 42.7 Å². The predicted octanol–water partition coefficient (Wildman–Crippen LogP) is 2.13. The van der Waals surface area contributed by atoms with E-state index in [0.29, 0.717) is 4.90 Å². The van der Waals surface area contributed by atoms with Crippen molar-refractivity contribution in [2.75, 3.05) is 18.2 Å². The monoisotopic (exact) mass is 362 g/mol. The molecule has 0 heterocycles. The summed E-state index contributed by atoms with van der Waals surface area (Å²) in [5.74, 6) is -1.53. The summed E-state index contributed by atoms with van der Waals surface area (Å²) in [4.78, 5) is 34.5. The Morgan fingerprint density at radius 1 is 1.16 bits per heavy atom. The number of nitro groups is 1. The molecule has 0 saturated heterocycles. The normalized spacial score (nSPS) is 11.4. The van der Waals surface area contributed by atoms with Crippen LogP contribution in [0.4, 0.5) is 11.4 Å². The van der Waals surface area contributed by atoms with Gasteiger partial charge in [0.2, 0.25) is 0 Å². The van der Waals surface area contributed by atoms with Crippen molar-refractivity contribution in [3.8, 4) is 0 Å². The molecule has 1 amide bonds. The van der Waals surface area contributed by atoms with E-state index < -0.39 is 34.2 Å². The predicted molar refractivity (Wildman–Crippen MR) is 90.8 cm³/mol. The van der Waals surface area contributed by atoms with Crippen LogP contribution in [0.25, 0.3) is 0 Å². The Morgan fingerprint density at radius 3 is 2.48 bits per heavy atom. The minimum absolute atomic E-state index is 0.00334. The Morgan fingerprint density at radius 2 is 1.80 bits per heavy atom. The van der Waals surface area contributed by atoms with Gasteiger partial charge in [0.05, 0.1) is 26.2 Å². The van der Waals surface area contributed by atoms with E-state index in [2.05, 4.69) is 5.32 Å². The average molecular weight is 362 g/mol. The van der Waals surface area contributed by atoms with Crippen LogP contribution >= 0.6 is 0 Å². The number of carbonyl (C=O) groups excluding carboxylic acids is 2. The van der Waals surface area contributed by atoms with Crippen LogP contribution in [0.5, 0.6) is 0 Å². The maximum atomic E-state index is 12.1. The van der Waals surface area contributed by atoms with E-state index in [9.17, 15) is 23.9 Å². The summed E-state index contributed by atoms with van der Waals surface area (Å²) < 4.78 is 16.5. The molecule has 0 spiro atoms. The van der Waals surface area contributed by atoms with Crippen LogP contribution in [0.1, 0.15) is 10.4 Å². The first-order valence-electron chi connectivity index (χ1n) is 7.03. The molecule has 0 bridgehead atoms. The fraction of sp³-hybridized carbons (Fsp3) is 0.125. The van der Waals surface area contributed by atoms with Crippen molar-refractivity contribution >= 4 is 34.1 Å². The number of ether oxygens (including phenoxy) is 1. The number of benzene rings is 2. The van der Waals surface area contributed by atoms with Gasteiger partial charge in [0, 0.05) is 12.3 Å². The lowest BCUT2D eigenvalue weighted by molar-refractivity contribution is -0.383. The molecule has 1 N–H and O–H groups in total. The largest absolute Gasteiger partial charge is 0.452 e. The number of nitro benzene ring substituents is 1. The first-order valence-corrected chi connectivity index (χ1v) is 8.59. The number of nitrogens with one attached hydrogen (secondary N) is 1. The third-order valence-corrected chi connectivity index (χ3v) is 4.10. The van der Waals surface area contributed by atoms with Gasteiger partial charge in [-0.25, -0.2) is 4.79 Å². The summed E-state index contributed by atoms with van der Waals surface area (Å²) in [6.07, 6.45) is 1.42. The van der Waals surface area contributed by atoms with Gasteiger partial charge in [-0.1, -0.05) is 24.3 Å². The number of anilines is 1. The zero-order valence-electron chi connectivity index (χ0n) is 13.1. The molecule has 0 radical (unpaired) electrons. The van der Waals surface area contributed by atoms with Crippen molar-refractivity contribution in [1.29, 1.82) is 0 Å². The van der Waals surface area contributed by atoms with Crippen molar-refractivity contribution in [2.24, 2.45) is 0 Å². The third kappa shape index (κ3) is 4.70. The maximum Gasteiger partial charge on any atom is 0.339 e. The zero-order valence-corrected chi connectivity index (χ0v) is 13.9. The second-order valence-electron chi connectivity index (χ2n) is 4.85. The maximum absolute atomic E-state index is 12.1. The Labute approximate surface area is 145 Å². The second-order valence-corrected chi connectivity index (χ2v) is 6.20. The Bertz CT molecular complexity index is 852. The number of hydrogen-bond donors (Lipinski definition) is 1. The highest BCUT2D eigenvalue weighted by molar-refractivity contribution is 7.84. The van der Waals surface area contributed by atoms with E-state index in [1.807, 2.05) is 0 Å². The molecular weight excluding hydrogens is 348 g/mol. The summed E-state index contributed by atoms with van der Waals surface area (Å²) in [6, 6.07) is 11.8. The van der Waals surface area contributed by atoms with Crippen molar-refractivity contribution < 1.29 is 23.5 Å². The first kappa shape index (κ1) is 18.3. The minimum Gasteiger partial charge on any atom is -0.452 e. The van der Waals surface area contributed by atoms with Gasteiger partial charge >= 0.3 is 5.97 Å². The standard InChI is InChI=1S/C16H14N2O6S/c1-25(23)14-9-5-2-6-11(14)16(20)24-10-15(19)17-12-7-3-4-8-13(12)18(21)22/h2-9H,10H2,1H3,(H,17,19)/t25-/m1/s1. The number of para-hydroxylation sites is 2. The lowest BCUT2D eigenvalue weighted by atomic mass is 10.2. The quantitative estimate of drug-likeness (QED) is 0.478. The molecule has 25 heavy (non-hydrogen) atoms. The van der Waals surface area contributed by atoms with E-state index in [4.69, 9.17) is 4.74 Å². The summed E-state index contributed by atoms with van der Waals surface area (Å²) in [7, 11) is -1.39. The molecule has 0 unspecified atom stereocenters. The highest BCUT2D eigenvalue weighted by Gasteiger charge is 2.18. The van der Waals surface area contributed by atoms with Gasteiger partial charge in [-0.05, 0) is 18.2 Å². The summed E-state index contributed by atoms with van der Waals surface area (Å²) in [5.41, 5.74) is -0.167. The third-order valence-electron chi connectivity index (χ3n) is 3.13. The Hall–Kier alpha value is -3.07. The van der Waals surface area contributed by atoms with E-state index in [-0.39, 0.29) is 16.9 Å². The molecule has 0 aromatic heterocycles. The molecule has 0 aliphatic heterocycles. The van der Waals surface area contributed by atoms with Crippen LogP contribution in [-0.4, -0.2) is 33.9 Å². The SMILES string of the molecule is C[S@@](=O)c1ccccc1C(=O)OCC(=O)Nc1ccccc1[N+](=O)[O-]. The Balaban J connectivity index is 2.03. The molecule has 1 atom stereocenters. The topological polar surface area (TPSA) is 116 Å². The molecule has 9 heteroatoms. The van der Waals surface area contributed by atoms with E-state index in [1.54, 1.807) is 12.1 Å². The average Bonchev–Trinajstić information content (AvgIpc) is 2.60. The fourth-order valence-corrected chi connectivity index (χ4v) is 2.75. The van der Waals surface area contributed by atoms with Crippen LogP contribution in [0.2, 0.25) is 0 Å². The highest BCUT2D eigenvalue weighted by atomic mass is 32.2. The first-order chi connectivity index (χ1) is 11.9. The van der Waals surface area contributed by atoms with Crippen molar-refractivity contribution in [3.63, 3.8) is 0 Å².